The quantitative estimate of drug-likeness (QED) is 0.557. The van der Waals surface area contributed by atoms with Gasteiger partial charge in [-0.1, -0.05) is 53.2 Å². The summed E-state index contributed by atoms with van der Waals surface area (Å²) in [4.78, 5) is 20.1. The number of aromatic nitrogens is 1. The molecule has 0 aliphatic carbocycles. The first-order valence-electron chi connectivity index (χ1n) is 9.07. The van der Waals surface area contributed by atoms with E-state index in [2.05, 4.69) is 22.9 Å². The Balaban J connectivity index is 1.83. The highest BCUT2D eigenvalue weighted by molar-refractivity contribution is 9.10. The molecule has 4 heteroatoms. The predicted molar refractivity (Wildman–Crippen MR) is 109 cm³/mol. The van der Waals surface area contributed by atoms with Gasteiger partial charge in [-0.15, -0.1) is 0 Å². The van der Waals surface area contributed by atoms with Gasteiger partial charge in [0.15, 0.2) is 0 Å². The maximum atomic E-state index is 13.3. The third-order valence-electron chi connectivity index (χ3n) is 5.01. The smallest absolute Gasteiger partial charge is 0.254 e. The van der Waals surface area contributed by atoms with E-state index in [4.69, 9.17) is 4.98 Å². The molecule has 2 heterocycles. The lowest BCUT2D eigenvalue weighted by atomic mass is 9.98. The molecular weight excluding hydrogens is 388 g/mol. The van der Waals surface area contributed by atoms with Crippen molar-refractivity contribution in [1.82, 2.24) is 9.88 Å². The third-order valence-corrected chi connectivity index (χ3v) is 5.50. The molecule has 1 amide bonds. The average Bonchev–Trinajstić information content (AvgIpc) is 2.66. The Morgan fingerprint density at radius 3 is 2.81 bits per heavy atom. The summed E-state index contributed by atoms with van der Waals surface area (Å²) >= 11 is 3.52. The highest BCUT2D eigenvalue weighted by Gasteiger charge is 2.24. The van der Waals surface area contributed by atoms with E-state index < -0.39 is 0 Å². The minimum Gasteiger partial charge on any atom is -0.338 e. The van der Waals surface area contributed by atoms with Gasteiger partial charge in [-0.2, -0.15) is 0 Å². The van der Waals surface area contributed by atoms with Crippen LogP contribution in [0, 0.1) is 5.92 Å². The van der Waals surface area contributed by atoms with Gasteiger partial charge >= 0.3 is 0 Å². The third kappa shape index (κ3) is 3.38. The van der Waals surface area contributed by atoms with Crippen LogP contribution in [0.1, 0.15) is 30.1 Å². The van der Waals surface area contributed by atoms with E-state index in [0.717, 1.165) is 51.7 Å². The van der Waals surface area contributed by atoms with Gasteiger partial charge in [0.2, 0.25) is 0 Å². The minimum atomic E-state index is 0.117. The largest absolute Gasteiger partial charge is 0.338 e. The van der Waals surface area contributed by atoms with Crippen molar-refractivity contribution in [3.8, 4) is 11.3 Å². The molecular formula is C22H21BrN2O. The number of nitrogens with zero attached hydrogens (tertiary/aromatic N) is 2. The number of rotatable bonds is 2. The number of piperidine rings is 1. The molecule has 0 N–H and O–H groups in total. The van der Waals surface area contributed by atoms with Crippen LogP contribution in [0.3, 0.4) is 0 Å². The number of halogens is 1. The Bertz CT molecular complexity index is 969. The number of carbonyl (C=O) groups excluding carboxylic acids is 1. The molecule has 1 saturated heterocycles. The van der Waals surface area contributed by atoms with Crippen molar-refractivity contribution in [2.24, 2.45) is 5.92 Å². The van der Waals surface area contributed by atoms with Crippen LogP contribution in [0.5, 0.6) is 0 Å². The number of amides is 1. The van der Waals surface area contributed by atoms with E-state index in [0.29, 0.717) is 5.92 Å². The standard InChI is InChI=1S/C22H21BrN2O/c1-15-6-5-11-25(14-15)22(26)19-13-21(16-7-4-8-17(23)12-16)24-20-10-3-2-9-18(19)20/h2-4,7-10,12-13,15H,5-6,11,14H2,1H3/t15-/m0/s1. The number of para-hydroxylation sites is 1. The van der Waals surface area contributed by atoms with Gasteiger partial charge in [0.25, 0.3) is 5.91 Å². The van der Waals surface area contributed by atoms with Crippen molar-refractivity contribution in [2.45, 2.75) is 19.8 Å². The molecule has 3 nitrogen and oxygen atoms in total. The highest BCUT2D eigenvalue weighted by Crippen LogP contribution is 2.28. The van der Waals surface area contributed by atoms with Crippen LogP contribution in [0.15, 0.2) is 59.1 Å². The first kappa shape index (κ1) is 17.2. The summed E-state index contributed by atoms with van der Waals surface area (Å²) in [5.41, 5.74) is 3.45. The monoisotopic (exact) mass is 408 g/mol. The van der Waals surface area contributed by atoms with E-state index in [1.807, 2.05) is 59.5 Å². The summed E-state index contributed by atoms with van der Waals surface area (Å²) in [5, 5.41) is 0.925. The lowest BCUT2D eigenvalue weighted by Crippen LogP contribution is -2.39. The number of carbonyl (C=O) groups is 1. The number of hydrogen-bond donors (Lipinski definition) is 0. The number of likely N-dealkylation sites (tertiary alicyclic amines) is 1. The van der Waals surface area contributed by atoms with Crippen LogP contribution >= 0.6 is 15.9 Å². The van der Waals surface area contributed by atoms with Crippen LogP contribution < -0.4 is 0 Å². The van der Waals surface area contributed by atoms with Gasteiger partial charge in [-0.25, -0.2) is 4.98 Å². The summed E-state index contributed by atoms with van der Waals surface area (Å²) in [7, 11) is 0. The zero-order valence-electron chi connectivity index (χ0n) is 14.8. The molecule has 26 heavy (non-hydrogen) atoms. The summed E-state index contributed by atoms with van der Waals surface area (Å²) in [6.45, 7) is 3.89. The second-order valence-electron chi connectivity index (χ2n) is 7.08. The second-order valence-corrected chi connectivity index (χ2v) is 8.00. The van der Waals surface area contributed by atoms with Gasteiger partial charge in [0.1, 0.15) is 0 Å². The van der Waals surface area contributed by atoms with E-state index >= 15 is 0 Å². The van der Waals surface area contributed by atoms with Crippen molar-refractivity contribution >= 4 is 32.7 Å². The Morgan fingerprint density at radius 2 is 2.00 bits per heavy atom. The van der Waals surface area contributed by atoms with Gasteiger partial charge < -0.3 is 4.90 Å². The Morgan fingerprint density at radius 1 is 1.15 bits per heavy atom. The van der Waals surface area contributed by atoms with Crippen LogP contribution in [0.4, 0.5) is 0 Å². The van der Waals surface area contributed by atoms with E-state index in [9.17, 15) is 4.79 Å². The lowest BCUT2D eigenvalue weighted by Gasteiger charge is -2.31. The molecule has 1 fully saturated rings. The Labute approximate surface area is 162 Å². The molecule has 2 aromatic carbocycles. The van der Waals surface area contributed by atoms with Crippen molar-refractivity contribution in [3.63, 3.8) is 0 Å². The maximum Gasteiger partial charge on any atom is 0.254 e. The second kappa shape index (κ2) is 7.20. The molecule has 1 aliphatic rings. The van der Waals surface area contributed by atoms with Gasteiger partial charge in [-0.05, 0) is 43.0 Å². The average molecular weight is 409 g/mol. The van der Waals surface area contributed by atoms with Gasteiger partial charge in [-0.3, -0.25) is 4.79 Å². The molecule has 0 spiro atoms. The first-order chi connectivity index (χ1) is 12.6. The lowest BCUT2D eigenvalue weighted by molar-refractivity contribution is 0.0685. The van der Waals surface area contributed by atoms with E-state index in [1.165, 1.54) is 6.42 Å². The molecule has 0 saturated carbocycles. The number of pyridine rings is 1. The van der Waals surface area contributed by atoms with Crippen molar-refractivity contribution in [2.75, 3.05) is 13.1 Å². The molecule has 4 rings (SSSR count). The molecule has 1 aliphatic heterocycles. The summed E-state index contributed by atoms with van der Waals surface area (Å²) in [6, 6.07) is 17.9. The number of benzene rings is 2. The summed E-state index contributed by atoms with van der Waals surface area (Å²) in [6.07, 6.45) is 2.28. The number of hydrogen-bond acceptors (Lipinski definition) is 2. The van der Waals surface area contributed by atoms with Crippen LogP contribution in [-0.2, 0) is 0 Å². The predicted octanol–water partition coefficient (Wildman–Crippen LogP) is 5.54. The normalized spacial score (nSPS) is 17.5. The van der Waals surface area contributed by atoms with Crippen LogP contribution in [-0.4, -0.2) is 28.9 Å². The Kier molecular flexibility index (Phi) is 4.77. The highest BCUT2D eigenvalue weighted by atomic mass is 79.9. The Hall–Kier alpha value is -2.20. The van der Waals surface area contributed by atoms with Crippen molar-refractivity contribution in [3.05, 3.63) is 64.6 Å². The van der Waals surface area contributed by atoms with E-state index in [-0.39, 0.29) is 5.91 Å². The SMILES string of the molecule is C[C@H]1CCCN(C(=O)c2cc(-c3cccc(Br)c3)nc3ccccc23)C1. The molecule has 3 aromatic rings. The summed E-state index contributed by atoms with van der Waals surface area (Å²) in [5.74, 6) is 0.678. The fourth-order valence-electron chi connectivity index (χ4n) is 3.69. The maximum absolute atomic E-state index is 13.3. The first-order valence-corrected chi connectivity index (χ1v) is 9.86. The molecule has 0 unspecified atom stereocenters. The number of fused-ring (bicyclic) bond motifs is 1. The molecule has 1 atom stereocenters. The fraction of sp³-hybridized carbons (Fsp3) is 0.273. The zero-order valence-corrected chi connectivity index (χ0v) is 16.4. The molecule has 132 valence electrons. The topological polar surface area (TPSA) is 33.2 Å². The van der Waals surface area contributed by atoms with Gasteiger partial charge in [0.05, 0.1) is 16.8 Å². The van der Waals surface area contributed by atoms with Crippen LogP contribution in [0.25, 0.3) is 22.2 Å². The molecule has 0 bridgehead atoms. The fourth-order valence-corrected chi connectivity index (χ4v) is 4.09. The van der Waals surface area contributed by atoms with Crippen molar-refractivity contribution in [1.29, 1.82) is 0 Å². The van der Waals surface area contributed by atoms with E-state index in [1.54, 1.807) is 0 Å². The zero-order chi connectivity index (χ0) is 18.1. The summed E-state index contributed by atoms with van der Waals surface area (Å²) < 4.78 is 1.00. The minimum absolute atomic E-state index is 0.117. The molecule has 1 aromatic heterocycles. The van der Waals surface area contributed by atoms with Crippen molar-refractivity contribution < 1.29 is 4.79 Å². The molecule has 0 radical (unpaired) electrons. The van der Waals surface area contributed by atoms with Gasteiger partial charge in [0, 0.05) is 28.5 Å². The van der Waals surface area contributed by atoms with Crippen LogP contribution in [0.2, 0.25) is 0 Å².